The number of amides is 2. The molecule has 0 atom stereocenters. The fraction of sp³-hybridized carbons (Fsp3) is 0.467. The van der Waals surface area contributed by atoms with E-state index in [4.69, 9.17) is 16.9 Å². The molecule has 0 bridgehead atoms. The van der Waals surface area contributed by atoms with Crippen LogP contribution in [0.3, 0.4) is 0 Å². The highest BCUT2D eigenvalue weighted by atomic mass is 35.5. The first-order valence-electron chi connectivity index (χ1n) is 6.90. The van der Waals surface area contributed by atoms with E-state index in [1.165, 1.54) is 0 Å². The summed E-state index contributed by atoms with van der Waals surface area (Å²) in [6, 6.07) is 9.24. The minimum atomic E-state index is -0.491. The number of carbonyl (C=O) groups is 1. The van der Waals surface area contributed by atoms with Crippen molar-refractivity contribution < 1.29 is 4.79 Å². The van der Waals surface area contributed by atoms with Gasteiger partial charge >= 0.3 is 6.03 Å². The average Bonchev–Trinajstić information content (AvgIpc) is 2.47. The van der Waals surface area contributed by atoms with Crippen LogP contribution in [0.4, 0.5) is 10.5 Å². The molecule has 0 radical (unpaired) electrons. The minimum Gasteiger partial charge on any atom is -0.322 e. The number of nitriles is 1. The van der Waals surface area contributed by atoms with Crippen LogP contribution in [-0.2, 0) is 0 Å². The van der Waals surface area contributed by atoms with E-state index in [-0.39, 0.29) is 6.03 Å². The number of nitrogens with zero attached hydrogens (tertiary/aromatic N) is 3. The van der Waals surface area contributed by atoms with Gasteiger partial charge in [-0.1, -0.05) is 17.7 Å². The number of anilines is 1. The number of urea groups is 1. The number of hydrogen-bond donors (Lipinski definition) is 1. The largest absolute Gasteiger partial charge is 0.322 e. The molecule has 0 spiro atoms. The van der Waals surface area contributed by atoms with Crippen molar-refractivity contribution in [2.24, 2.45) is 0 Å². The van der Waals surface area contributed by atoms with Crippen LogP contribution in [0.25, 0.3) is 0 Å². The first-order valence-corrected chi connectivity index (χ1v) is 7.28. The van der Waals surface area contributed by atoms with Gasteiger partial charge in [-0.05, 0) is 32.0 Å². The summed E-state index contributed by atoms with van der Waals surface area (Å²) in [5, 5.41) is 12.6. The molecule has 0 aliphatic carbocycles. The Bertz CT molecular complexity index is 559. The van der Waals surface area contributed by atoms with Crippen LogP contribution in [0.5, 0.6) is 0 Å². The average molecular weight is 307 g/mol. The van der Waals surface area contributed by atoms with Gasteiger partial charge in [0.2, 0.25) is 0 Å². The molecule has 1 fully saturated rings. The third-order valence-electron chi connectivity index (χ3n) is 3.71. The maximum absolute atomic E-state index is 12.2. The molecular weight excluding hydrogens is 288 g/mol. The van der Waals surface area contributed by atoms with Gasteiger partial charge in [0.25, 0.3) is 0 Å². The van der Waals surface area contributed by atoms with Crippen LogP contribution in [0.15, 0.2) is 24.3 Å². The molecule has 1 aliphatic rings. The predicted octanol–water partition coefficient (Wildman–Crippen LogP) is 2.79. The Morgan fingerprint density at radius 1 is 1.33 bits per heavy atom. The molecule has 5 nitrogen and oxygen atoms in total. The van der Waals surface area contributed by atoms with E-state index in [2.05, 4.69) is 16.3 Å². The van der Waals surface area contributed by atoms with Crippen LogP contribution >= 0.6 is 11.6 Å². The van der Waals surface area contributed by atoms with Gasteiger partial charge in [0, 0.05) is 36.9 Å². The van der Waals surface area contributed by atoms with E-state index in [1.54, 1.807) is 29.2 Å². The molecule has 1 aromatic rings. The normalized spacial score (nSPS) is 16.4. The first-order chi connectivity index (χ1) is 9.92. The Morgan fingerprint density at radius 3 is 2.57 bits per heavy atom. The van der Waals surface area contributed by atoms with Crippen molar-refractivity contribution >= 4 is 23.3 Å². The molecule has 2 rings (SSSR count). The number of hydrogen-bond acceptors (Lipinski definition) is 3. The summed E-state index contributed by atoms with van der Waals surface area (Å²) in [7, 11) is 0. The van der Waals surface area contributed by atoms with Crippen molar-refractivity contribution in [2.45, 2.75) is 19.4 Å². The Labute approximate surface area is 130 Å². The second-order valence-corrected chi connectivity index (χ2v) is 6.02. The lowest BCUT2D eigenvalue weighted by atomic mass is 10.0. The molecule has 1 N–H and O–H groups in total. The number of nitrogens with one attached hydrogen (secondary N) is 1. The smallest absolute Gasteiger partial charge is 0.321 e. The topological polar surface area (TPSA) is 59.4 Å². The Kier molecular flexibility index (Phi) is 4.71. The molecule has 1 saturated heterocycles. The fourth-order valence-electron chi connectivity index (χ4n) is 2.31. The number of rotatable bonds is 2. The van der Waals surface area contributed by atoms with Crippen molar-refractivity contribution in [3.8, 4) is 6.07 Å². The quantitative estimate of drug-likeness (QED) is 0.914. The summed E-state index contributed by atoms with van der Waals surface area (Å²) in [6.07, 6.45) is 0. The highest BCUT2D eigenvalue weighted by Gasteiger charge is 2.31. The summed E-state index contributed by atoms with van der Waals surface area (Å²) >= 11 is 5.90. The summed E-state index contributed by atoms with van der Waals surface area (Å²) in [5.74, 6) is 0. The lowest BCUT2D eigenvalue weighted by Crippen LogP contribution is -2.55. The zero-order chi connectivity index (χ0) is 15.5. The van der Waals surface area contributed by atoms with Gasteiger partial charge in [-0.25, -0.2) is 4.79 Å². The molecule has 112 valence electrons. The molecule has 0 aromatic heterocycles. The SMILES string of the molecule is CC(C)(C#N)N1CCN(C(=O)Nc2cccc(Cl)c2)CC1. The number of benzene rings is 1. The predicted molar refractivity (Wildman–Crippen MR) is 83.3 cm³/mol. The van der Waals surface area contributed by atoms with Crippen LogP contribution in [0.1, 0.15) is 13.8 Å². The highest BCUT2D eigenvalue weighted by Crippen LogP contribution is 2.18. The molecule has 2 amide bonds. The van der Waals surface area contributed by atoms with Crippen LogP contribution in [0, 0.1) is 11.3 Å². The van der Waals surface area contributed by atoms with E-state index in [0.717, 1.165) is 0 Å². The van der Waals surface area contributed by atoms with Crippen molar-refractivity contribution in [3.63, 3.8) is 0 Å². The zero-order valence-corrected chi connectivity index (χ0v) is 13.0. The second-order valence-electron chi connectivity index (χ2n) is 5.59. The minimum absolute atomic E-state index is 0.133. The first kappa shape index (κ1) is 15.6. The third-order valence-corrected chi connectivity index (χ3v) is 3.94. The van der Waals surface area contributed by atoms with Crippen LogP contribution in [0.2, 0.25) is 5.02 Å². The summed E-state index contributed by atoms with van der Waals surface area (Å²) < 4.78 is 0. The standard InChI is InChI=1S/C15H19ClN4O/c1-15(2,11-17)20-8-6-19(7-9-20)14(21)18-13-5-3-4-12(16)10-13/h3-5,10H,6-9H2,1-2H3,(H,18,21). The second kappa shape index (κ2) is 6.33. The molecular formula is C15H19ClN4O. The summed E-state index contributed by atoms with van der Waals surface area (Å²) in [6.45, 7) is 6.41. The van der Waals surface area contributed by atoms with Crippen molar-refractivity contribution in [2.75, 3.05) is 31.5 Å². The molecule has 1 aromatic carbocycles. The van der Waals surface area contributed by atoms with Gasteiger partial charge in [0.1, 0.15) is 5.54 Å². The van der Waals surface area contributed by atoms with Gasteiger partial charge in [0.15, 0.2) is 0 Å². The van der Waals surface area contributed by atoms with Crippen molar-refractivity contribution in [3.05, 3.63) is 29.3 Å². The van der Waals surface area contributed by atoms with Gasteiger partial charge in [-0.15, -0.1) is 0 Å². The highest BCUT2D eigenvalue weighted by molar-refractivity contribution is 6.30. The third kappa shape index (κ3) is 3.87. The van der Waals surface area contributed by atoms with E-state index < -0.39 is 5.54 Å². The Balaban J connectivity index is 1.91. The Morgan fingerprint density at radius 2 is 2.00 bits per heavy atom. The number of halogens is 1. The fourth-order valence-corrected chi connectivity index (χ4v) is 2.50. The van der Waals surface area contributed by atoms with Gasteiger partial charge < -0.3 is 10.2 Å². The maximum atomic E-state index is 12.2. The van der Waals surface area contributed by atoms with E-state index in [0.29, 0.717) is 36.9 Å². The molecule has 0 saturated carbocycles. The lowest BCUT2D eigenvalue weighted by molar-refractivity contribution is 0.0964. The van der Waals surface area contributed by atoms with Crippen molar-refractivity contribution in [1.82, 2.24) is 9.80 Å². The zero-order valence-electron chi connectivity index (χ0n) is 12.3. The summed E-state index contributed by atoms with van der Waals surface area (Å²) in [5.41, 5.74) is 0.197. The molecule has 1 aliphatic heterocycles. The number of carbonyl (C=O) groups excluding carboxylic acids is 1. The van der Waals surface area contributed by atoms with E-state index in [1.807, 2.05) is 13.8 Å². The maximum Gasteiger partial charge on any atom is 0.321 e. The summed E-state index contributed by atoms with van der Waals surface area (Å²) in [4.78, 5) is 16.0. The lowest BCUT2D eigenvalue weighted by Gasteiger charge is -2.40. The molecule has 21 heavy (non-hydrogen) atoms. The van der Waals surface area contributed by atoms with Gasteiger partial charge in [0.05, 0.1) is 6.07 Å². The molecule has 6 heteroatoms. The monoisotopic (exact) mass is 306 g/mol. The van der Waals surface area contributed by atoms with Crippen molar-refractivity contribution in [1.29, 1.82) is 5.26 Å². The molecule has 0 unspecified atom stereocenters. The van der Waals surface area contributed by atoms with Crippen LogP contribution < -0.4 is 5.32 Å². The van der Waals surface area contributed by atoms with E-state index in [9.17, 15) is 4.79 Å². The van der Waals surface area contributed by atoms with Gasteiger partial charge in [-0.2, -0.15) is 5.26 Å². The number of piperazine rings is 1. The Hall–Kier alpha value is -1.77. The van der Waals surface area contributed by atoms with Crippen LogP contribution in [-0.4, -0.2) is 47.5 Å². The van der Waals surface area contributed by atoms with E-state index >= 15 is 0 Å². The molecule has 1 heterocycles. The van der Waals surface area contributed by atoms with Gasteiger partial charge in [-0.3, -0.25) is 4.90 Å².